The van der Waals surface area contributed by atoms with Gasteiger partial charge in [0.2, 0.25) is 6.79 Å². The fraction of sp³-hybridized carbons (Fsp3) is 0.278. The number of benzene rings is 2. The molecular formula is C18H21N2O3+. The van der Waals surface area contributed by atoms with Crippen molar-refractivity contribution < 1.29 is 19.2 Å². The van der Waals surface area contributed by atoms with E-state index in [1.807, 2.05) is 44.3 Å². The fourth-order valence-electron chi connectivity index (χ4n) is 2.52. The molecule has 0 radical (unpaired) electrons. The van der Waals surface area contributed by atoms with E-state index in [0.717, 1.165) is 17.1 Å². The van der Waals surface area contributed by atoms with E-state index >= 15 is 0 Å². The summed E-state index contributed by atoms with van der Waals surface area (Å²) in [4.78, 5) is 13.6. The molecule has 2 aromatic carbocycles. The molecule has 2 N–H and O–H groups in total. The van der Waals surface area contributed by atoms with Crippen LogP contribution in [0.5, 0.6) is 11.5 Å². The van der Waals surface area contributed by atoms with Gasteiger partial charge in [-0.1, -0.05) is 30.3 Å². The average molecular weight is 313 g/mol. The van der Waals surface area contributed by atoms with Gasteiger partial charge in [-0.15, -0.1) is 0 Å². The van der Waals surface area contributed by atoms with E-state index in [0.29, 0.717) is 11.5 Å². The molecule has 5 heteroatoms. The van der Waals surface area contributed by atoms with Crippen molar-refractivity contribution in [3.63, 3.8) is 0 Å². The highest BCUT2D eigenvalue weighted by Gasteiger charge is 2.23. The maximum absolute atomic E-state index is 12.4. The minimum atomic E-state index is -0.166. The second-order valence-electron chi connectivity index (χ2n) is 5.79. The van der Waals surface area contributed by atoms with Crippen molar-refractivity contribution >= 4 is 11.6 Å². The Balaban J connectivity index is 1.61. The molecule has 1 amide bonds. The van der Waals surface area contributed by atoms with Gasteiger partial charge in [0.25, 0.3) is 5.91 Å². The Bertz CT molecular complexity index is 688. The van der Waals surface area contributed by atoms with Gasteiger partial charge in [-0.3, -0.25) is 4.79 Å². The molecule has 1 unspecified atom stereocenters. The van der Waals surface area contributed by atoms with Crippen LogP contribution in [0.2, 0.25) is 0 Å². The van der Waals surface area contributed by atoms with E-state index in [1.165, 1.54) is 5.56 Å². The van der Waals surface area contributed by atoms with Gasteiger partial charge in [0.05, 0.1) is 7.05 Å². The van der Waals surface area contributed by atoms with Gasteiger partial charge in [-0.2, -0.15) is 0 Å². The number of quaternary nitrogens is 1. The number of hydrogen-bond donors (Lipinski definition) is 2. The Labute approximate surface area is 135 Å². The van der Waals surface area contributed by atoms with Gasteiger partial charge in [0.1, 0.15) is 6.54 Å². The van der Waals surface area contributed by atoms with Crippen LogP contribution in [0.1, 0.15) is 12.5 Å². The molecule has 0 fully saturated rings. The van der Waals surface area contributed by atoms with Crippen molar-refractivity contribution in [3.8, 4) is 11.5 Å². The molecule has 23 heavy (non-hydrogen) atoms. The summed E-state index contributed by atoms with van der Waals surface area (Å²) in [5, 5.41) is 2.94. The Hall–Kier alpha value is -2.53. The topological polar surface area (TPSA) is 52.0 Å². The highest BCUT2D eigenvalue weighted by molar-refractivity contribution is 5.93. The van der Waals surface area contributed by atoms with Crippen LogP contribution in [0.4, 0.5) is 5.69 Å². The summed E-state index contributed by atoms with van der Waals surface area (Å²) in [6, 6.07) is 15.4. The van der Waals surface area contributed by atoms with E-state index < -0.39 is 0 Å². The minimum Gasteiger partial charge on any atom is -0.454 e. The number of carbonyl (C=O) groups is 1. The molecule has 2 atom stereocenters. The van der Waals surface area contributed by atoms with Crippen molar-refractivity contribution in [2.45, 2.75) is 19.5 Å². The first-order chi connectivity index (χ1) is 11.1. The van der Waals surface area contributed by atoms with Crippen LogP contribution in [0, 0.1) is 0 Å². The van der Waals surface area contributed by atoms with Crippen LogP contribution in [0.25, 0.3) is 0 Å². The van der Waals surface area contributed by atoms with Crippen LogP contribution >= 0.6 is 0 Å². The summed E-state index contributed by atoms with van der Waals surface area (Å²) < 4.78 is 10.6. The van der Waals surface area contributed by atoms with Gasteiger partial charge in [-0.25, -0.2) is 0 Å². The summed E-state index contributed by atoms with van der Waals surface area (Å²) in [6.07, 6.45) is 0. The summed E-state index contributed by atoms with van der Waals surface area (Å²) in [5.74, 6) is 1.36. The Morgan fingerprint density at radius 3 is 2.70 bits per heavy atom. The maximum atomic E-state index is 12.4. The van der Waals surface area contributed by atoms with Crippen molar-refractivity contribution in [2.24, 2.45) is 0 Å². The van der Waals surface area contributed by atoms with Gasteiger partial charge < -0.3 is 19.7 Å². The largest absolute Gasteiger partial charge is 0.454 e. The van der Waals surface area contributed by atoms with Crippen molar-refractivity contribution in [2.75, 3.05) is 19.2 Å². The van der Waals surface area contributed by atoms with Crippen LogP contribution < -0.4 is 19.7 Å². The number of ether oxygens (including phenoxy) is 2. The van der Waals surface area contributed by atoms with Crippen LogP contribution in [0.3, 0.4) is 0 Å². The lowest BCUT2D eigenvalue weighted by atomic mass is 10.2. The number of likely N-dealkylation sites (N-methyl/N-ethyl adjacent to an activating group) is 1. The van der Waals surface area contributed by atoms with Gasteiger partial charge >= 0.3 is 0 Å². The average Bonchev–Trinajstić information content (AvgIpc) is 3.02. The molecule has 0 saturated carbocycles. The van der Waals surface area contributed by atoms with E-state index in [-0.39, 0.29) is 18.7 Å². The number of nitrogens with one attached hydrogen (secondary N) is 2. The Kier molecular flexibility index (Phi) is 4.48. The first-order valence-electron chi connectivity index (χ1n) is 7.70. The molecule has 0 bridgehead atoms. The minimum absolute atomic E-state index is 0.0164. The number of fused-ring (bicyclic) bond motifs is 1. The number of amides is 1. The molecule has 0 aromatic heterocycles. The highest BCUT2D eigenvalue weighted by Crippen LogP contribution is 2.34. The van der Waals surface area contributed by atoms with E-state index in [1.54, 1.807) is 6.07 Å². The number of carbonyl (C=O) groups excluding carboxylic acids is 1. The third-order valence-electron chi connectivity index (χ3n) is 4.10. The van der Waals surface area contributed by atoms with Crippen LogP contribution in [-0.2, 0) is 11.3 Å². The lowest BCUT2D eigenvalue weighted by Gasteiger charge is -2.21. The standard InChI is InChI=1S/C18H20N2O3/c1-13(20(2)11-14-6-4-3-5-7-14)18(21)19-15-8-9-16-17(10-15)23-12-22-16/h3-10,13H,11-12H2,1-2H3,(H,19,21)/p+1/t13-/m1/s1. The highest BCUT2D eigenvalue weighted by atomic mass is 16.7. The van der Waals surface area contributed by atoms with E-state index in [9.17, 15) is 4.79 Å². The quantitative estimate of drug-likeness (QED) is 0.879. The maximum Gasteiger partial charge on any atom is 0.282 e. The molecule has 1 aliphatic heterocycles. The normalized spacial score (nSPS) is 15.0. The summed E-state index contributed by atoms with van der Waals surface area (Å²) in [7, 11) is 2.02. The van der Waals surface area contributed by atoms with Gasteiger partial charge in [0.15, 0.2) is 17.5 Å². The molecular weight excluding hydrogens is 292 g/mol. The first-order valence-corrected chi connectivity index (χ1v) is 7.70. The smallest absolute Gasteiger partial charge is 0.282 e. The molecule has 3 rings (SSSR count). The third kappa shape index (κ3) is 3.63. The molecule has 2 aromatic rings. The Morgan fingerprint density at radius 1 is 1.17 bits per heavy atom. The molecule has 0 saturated heterocycles. The van der Waals surface area contributed by atoms with E-state index in [2.05, 4.69) is 17.4 Å². The zero-order chi connectivity index (χ0) is 16.2. The second kappa shape index (κ2) is 6.71. The van der Waals surface area contributed by atoms with Crippen molar-refractivity contribution in [1.82, 2.24) is 0 Å². The summed E-state index contributed by atoms with van der Waals surface area (Å²) in [6.45, 7) is 2.96. The summed E-state index contributed by atoms with van der Waals surface area (Å²) in [5.41, 5.74) is 1.94. The van der Waals surface area contributed by atoms with Gasteiger partial charge in [-0.05, 0) is 19.1 Å². The number of anilines is 1. The first kappa shape index (κ1) is 15.4. The number of hydrogen-bond acceptors (Lipinski definition) is 3. The molecule has 0 aliphatic carbocycles. The SMILES string of the molecule is C[C@H](C(=O)Nc1ccc2c(c1)OCO2)[NH+](C)Cc1ccccc1. The molecule has 1 heterocycles. The van der Waals surface area contributed by atoms with Crippen molar-refractivity contribution in [3.05, 3.63) is 54.1 Å². The molecule has 120 valence electrons. The molecule has 5 nitrogen and oxygen atoms in total. The van der Waals surface area contributed by atoms with E-state index in [4.69, 9.17) is 9.47 Å². The fourth-order valence-corrected chi connectivity index (χ4v) is 2.52. The monoisotopic (exact) mass is 313 g/mol. The predicted octanol–water partition coefficient (Wildman–Crippen LogP) is 1.46. The molecule has 0 spiro atoms. The Morgan fingerprint density at radius 2 is 1.91 bits per heavy atom. The zero-order valence-corrected chi connectivity index (χ0v) is 13.3. The van der Waals surface area contributed by atoms with Crippen LogP contribution in [-0.4, -0.2) is 25.8 Å². The zero-order valence-electron chi connectivity index (χ0n) is 13.3. The third-order valence-corrected chi connectivity index (χ3v) is 4.10. The van der Waals surface area contributed by atoms with Gasteiger partial charge in [0, 0.05) is 17.3 Å². The van der Waals surface area contributed by atoms with Crippen LogP contribution in [0.15, 0.2) is 48.5 Å². The second-order valence-corrected chi connectivity index (χ2v) is 5.79. The predicted molar refractivity (Wildman–Crippen MR) is 87.7 cm³/mol. The van der Waals surface area contributed by atoms with Crippen molar-refractivity contribution in [1.29, 1.82) is 0 Å². The summed E-state index contributed by atoms with van der Waals surface area (Å²) >= 11 is 0. The number of rotatable bonds is 5. The lowest BCUT2D eigenvalue weighted by molar-refractivity contribution is -0.907. The molecule has 1 aliphatic rings. The lowest BCUT2D eigenvalue weighted by Crippen LogP contribution is -3.12.